The predicted octanol–water partition coefficient (Wildman–Crippen LogP) is 1.43. The first-order valence-electron chi connectivity index (χ1n) is 4.16. The first-order chi connectivity index (χ1) is 6.22. The summed E-state index contributed by atoms with van der Waals surface area (Å²) in [7, 11) is 1.96. The molecule has 1 rings (SSSR count). The van der Waals surface area contributed by atoms with Gasteiger partial charge in [0.25, 0.3) is 0 Å². The third-order valence-corrected chi connectivity index (χ3v) is 2.10. The lowest BCUT2D eigenvalue weighted by molar-refractivity contribution is -0.120. The maximum Gasteiger partial charge on any atom is 0.221 e. The van der Waals surface area contributed by atoms with Gasteiger partial charge in [0.1, 0.15) is 0 Å². The molecule has 1 aromatic heterocycles. The highest BCUT2D eigenvalue weighted by Gasteiger charge is 1.99. The molecule has 0 fully saturated rings. The Bertz CT molecular complexity index is 283. The number of carbonyl (C=O) groups excluding carboxylic acids is 1. The average Bonchev–Trinajstić information content (AvgIpc) is 2.49. The molecule has 0 aliphatic rings. The van der Waals surface area contributed by atoms with Gasteiger partial charge in [0.15, 0.2) is 0 Å². The van der Waals surface area contributed by atoms with Crippen molar-refractivity contribution in [3.05, 3.63) is 24.0 Å². The number of aromatic nitrogens is 1. The summed E-state index contributed by atoms with van der Waals surface area (Å²) >= 11 is 3.22. The number of nitrogens with one attached hydrogen (secondary N) is 1. The summed E-state index contributed by atoms with van der Waals surface area (Å²) in [5.74, 6) is 0.0840. The fourth-order valence-corrected chi connectivity index (χ4v) is 1.40. The number of amides is 1. The summed E-state index contributed by atoms with van der Waals surface area (Å²) in [6.07, 6.45) is 4.49. The van der Waals surface area contributed by atoms with E-state index in [9.17, 15) is 4.79 Å². The minimum Gasteiger partial charge on any atom is -0.357 e. The van der Waals surface area contributed by atoms with Crippen LogP contribution in [0.1, 0.15) is 12.0 Å². The molecule has 0 aromatic carbocycles. The van der Waals surface area contributed by atoms with Crippen LogP contribution in [0.15, 0.2) is 18.5 Å². The summed E-state index contributed by atoms with van der Waals surface area (Å²) in [4.78, 5) is 11.1. The lowest BCUT2D eigenvalue weighted by atomic mass is 10.3. The van der Waals surface area contributed by atoms with Crippen LogP contribution in [-0.2, 0) is 18.4 Å². The van der Waals surface area contributed by atoms with Gasteiger partial charge in [0.2, 0.25) is 5.91 Å². The summed E-state index contributed by atoms with van der Waals surface area (Å²) < 4.78 is 1.96. The Morgan fingerprint density at radius 2 is 2.46 bits per heavy atom. The topological polar surface area (TPSA) is 34.0 Å². The number of hydrogen-bond donors (Lipinski definition) is 1. The SMILES string of the molecule is Cn1ccc(CNC(=O)CCBr)c1. The van der Waals surface area contributed by atoms with Gasteiger partial charge in [-0.2, -0.15) is 0 Å². The third kappa shape index (κ3) is 3.63. The quantitative estimate of drug-likeness (QED) is 0.800. The molecule has 0 aliphatic carbocycles. The number of hydrogen-bond acceptors (Lipinski definition) is 1. The second-order valence-corrected chi connectivity index (χ2v) is 3.69. The van der Waals surface area contributed by atoms with Crippen LogP contribution in [0, 0.1) is 0 Å². The minimum absolute atomic E-state index is 0.0840. The van der Waals surface area contributed by atoms with Crippen molar-refractivity contribution >= 4 is 21.8 Å². The van der Waals surface area contributed by atoms with E-state index in [2.05, 4.69) is 21.2 Å². The van der Waals surface area contributed by atoms with E-state index < -0.39 is 0 Å². The molecule has 13 heavy (non-hydrogen) atoms. The van der Waals surface area contributed by atoms with E-state index in [4.69, 9.17) is 0 Å². The molecule has 4 heteroatoms. The van der Waals surface area contributed by atoms with Crippen molar-refractivity contribution in [2.75, 3.05) is 5.33 Å². The van der Waals surface area contributed by atoms with Gasteiger partial charge in [0, 0.05) is 37.7 Å². The summed E-state index contributed by atoms with van der Waals surface area (Å²) in [6, 6.07) is 1.99. The van der Waals surface area contributed by atoms with Gasteiger partial charge >= 0.3 is 0 Å². The van der Waals surface area contributed by atoms with E-state index in [1.54, 1.807) is 0 Å². The van der Waals surface area contributed by atoms with Gasteiger partial charge in [-0.05, 0) is 11.6 Å². The largest absolute Gasteiger partial charge is 0.357 e. The van der Waals surface area contributed by atoms with Crippen LogP contribution in [0.4, 0.5) is 0 Å². The van der Waals surface area contributed by atoms with E-state index in [0.29, 0.717) is 18.3 Å². The van der Waals surface area contributed by atoms with Crippen LogP contribution in [0.25, 0.3) is 0 Å². The Hall–Kier alpha value is -0.770. The number of carbonyl (C=O) groups is 1. The fourth-order valence-electron chi connectivity index (χ4n) is 1.04. The average molecular weight is 245 g/mol. The van der Waals surface area contributed by atoms with Crippen molar-refractivity contribution in [3.8, 4) is 0 Å². The molecule has 1 amide bonds. The highest BCUT2D eigenvalue weighted by atomic mass is 79.9. The van der Waals surface area contributed by atoms with E-state index in [-0.39, 0.29) is 5.91 Å². The van der Waals surface area contributed by atoms with Crippen molar-refractivity contribution in [1.82, 2.24) is 9.88 Å². The number of halogens is 1. The monoisotopic (exact) mass is 244 g/mol. The molecule has 3 nitrogen and oxygen atoms in total. The van der Waals surface area contributed by atoms with Gasteiger partial charge in [-0.3, -0.25) is 4.79 Å². The molecule has 0 unspecified atom stereocenters. The van der Waals surface area contributed by atoms with Crippen LogP contribution >= 0.6 is 15.9 Å². The number of alkyl halides is 1. The summed E-state index contributed by atoms with van der Waals surface area (Å²) in [6.45, 7) is 0.618. The zero-order valence-corrected chi connectivity index (χ0v) is 9.17. The normalized spacial score (nSPS) is 10.0. The van der Waals surface area contributed by atoms with Crippen LogP contribution in [0.2, 0.25) is 0 Å². The van der Waals surface area contributed by atoms with E-state index in [1.165, 1.54) is 0 Å². The molecule has 72 valence electrons. The van der Waals surface area contributed by atoms with Crippen molar-refractivity contribution < 1.29 is 4.79 Å². The second-order valence-electron chi connectivity index (χ2n) is 2.90. The number of aryl methyl sites for hydroxylation is 1. The molecular weight excluding hydrogens is 232 g/mol. The van der Waals surface area contributed by atoms with Crippen molar-refractivity contribution in [2.45, 2.75) is 13.0 Å². The molecule has 1 heterocycles. The van der Waals surface area contributed by atoms with Crippen LogP contribution in [0.3, 0.4) is 0 Å². The predicted molar refractivity (Wildman–Crippen MR) is 55.7 cm³/mol. The minimum atomic E-state index is 0.0840. The van der Waals surface area contributed by atoms with E-state index >= 15 is 0 Å². The van der Waals surface area contributed by atoms with Crippen molar-refractivity contribution in [1.29, 1.82) is 0 Å². The molecule has 0 saturated carbocycles. The molecule has 0 spiro atoms. The highest BCUT2D eigenvalue weighted by molar-refractivity contribution is 9.09. The molecule has 0 bridgehead atoms. The molecule has 1 N–H and O–H groups in total. The Morgan fingerprint density at radius 3 is 3.00 bits per heavy atom. The smallest absolute Gasteiger partial charge is 0.221 e. The summed E-state index contributed by atoms with van der Waals surface area (Å²) in [5.41, 5.74) is 1.13. The number of rotatable bonds is 4. The molecule has 0 saturated heterocycles. The van der Waals surface area contributed by atoms with Gasteiger partial charge < -0.3 is 9.88 Å². The van der Waals surface area contributed by atoms with Crippen LogP contribution in [0.5, 0.6) is 0 Å². The number of nitrogens with zero attached hydrogens (tertiary/aromatic N) is 1. The van der Waals surface area contributed by atoms with Gasteiger partial charge in [-0.1, -0.05) is 15.9 Å². The first-order valence-corrected chi connectivity index (χ1v) is 5.28. The standard InChI is InChI=1S/C9H13BrN2O/c1-12-5-3-8(7-12)6-11-9(13)2-4-10/h3,5,7H,2,4,6H2,1H3,(H,11,13). The lowest BCUT2D eigenvalue weighted by Crippen LogP contribution is -2.22. The van der Waals surface area contributed by atoms with Gasteiger partial charge in [0.05, 0.1) is 0 Å². The molecule has 0 atom stereocenters. The highest BCUT2D eigenvalue weighted by Crippen LogP contribution is 1.98. The second kappa shape index (κ2) is 5.07. The van der Waals surface area contributed by atoms with Crippen LogP contribution < -0.4 is 5.32 Å². The van der Waals surface area contributed by atoms with E-state index in [0.717, 1.165) is 5.56 Å². The van der Waals surface area contributed by atoms with Gasteiger partial charge in [-0.25, -0.2) is 0 Å². The van der Waals surface area contributed by atoms with E-state index in [1.807, 2.05) is 30.1 Å². The Kier molecular flexibility index (Phi) is 4.02. The maximum atomic E-state index is 11.1. The summed E-state index contributed by atoms with van der Waals surface area (Å²) in [5, 5.41) is 3.55. The molecule has 0 radical (unpaired) electrons. The fraction of sp³-hybridized carbons (Fsp3) is 0.444. The first kappa shape index (κ1) is 10.3. The van der Waals surface area contributed by atoms with Crippen molar-refractivity contribution in [3.63, 3.8) is 0 Å². The zero-order chi connectivity index (χ0) is 9.68. The molecule has 1 aromatic rings. The molecule has 0 aliphatic heterocycles. The van der Waals surface area contributed by atoms with Crippen LogP contribution in [-0.4, -0.2) is 15.8 Å². The Balaban J connectivity index is 2.30. The Morgan fingerprint density at radius 1 is 1.69 bits per heavy atom. The zero-order valence-electron chi connectivity index (χ0n) is 7.59. The van der Waals surface area contributed by atoms with Crippen molar-refractivity contribution in [2.24, 2.45) is 7.05 Å². The van der Waals surface area contributed by atoms with Gasteiger partial charge in [-0.15, -0.1) is 0 Å². The third-order valence-electron chi connectivity index (χ3n) is 1.70. The maximum absolute atomic E-state index is 11.1. The lowest BCUT2D eigenvalue weighted by Gasteiger charge is -2.00. The molecular formula is C9H13BrN2O. The Labute approximate surface area is 86.3 Å².